The molecule has 0 saturated heterocycles. The van der Waals surface area contributed by atoms with E-state index in [2.05, 4.69) is 39.5 Å². The van der Waals surface area contributed by atoms with Gasteiger partial charge in [0.05, 0.1) is 0 Å². The molecule has 1 rings (SSSR count). The summed E-state index contributed by atoms with van der Waals surface area (Å²) in [7, 11) is 0. The van der Waals surface area contributed by atoms with Crippen LogP contribution < -0.4 is 0 Å². The van der Waals surface area contributed by atoms with Gasteiger partial charge < -0.3 is 0 Å². The van der Waals surface area contributed by atoms with Crippen LogP contribution in [0.2, 0.25) is 0 Å². The molecule has 0 aliphatic heterocycles. The molecule has 0 aromatic heterocycles. The van der Waals surface area contributed by atoms with Crippen molar-refractivity contribution < 1.29 is 0 Å². The van der Waals surface area contributed by atoms with E-state index in [4.69, 9.17) is 0 Å². The van der Waals surface area contributed by atoms with Gasteiger partial charge in [-0.05, 0) is 40.5 Å². The molecule has 0 radical (unpaired) electrons. The molecule has 0 amide bonds. The van der Waals surface area contributed by atoms with E-state index in [0.717, 1.165) is 0 Å². The van der Waals surface area contributed by atoms with E-state index in [1.54, 1.807) is 0 Å². The molecule has 62 valence electrons. The Bertz CT molecular complexity index is 178. The molecule has 0 heteroatoms. The molecule has 0 aromatic carbocycles. The van der Waals surface area contributed by atoms with Crippen molar-refractivity contribution in [1.29, 1.82) is 0 Å². The highest BCUT2D eigenvalue weighted by Gasteiger charge is 2.22. The van der Waals surface area contributed by atoms with Gasteiger partial charge in [0.2, 0.25) is 0 Å². The molecule has 0 nitrogen and oxygen atoms in total. The molecule has 0 saturated carbocycles. The molecular formula is C11H18. The van der Waals surface area contributed by atoms with Gasteiger partial charge in [-0.2, -0.15) is 0 Å². The highest BCUT2D eigenvalue weighted by molar-refractivity contribution is 5.16. The molecule has 0 bridgehead atoms. The number of hydrogen-bond donors (Lipinski definition) is 0. The lowest BCUT2D eigenvalue weighted by Gasteiger charge is -2.16. The van der Waals surface area contributed by atoms with Crippen molar-refractivity contribution in [2.24, 2.45) is 10.8 Å². The van der Waals surface area contributed by atoms with E-state index in [9.17, 15) is 0 Å². The molecule has 0 aromatic rings. The summed E-state index contributed by atoms with van der Waals surface area (Å²) in [5.74, 6) is 6.72. The summed E-state index contributed by atoms with van der Waals surface area (Å²) in [5, 5.41) is 0. The van der Waals surface area contributed by atoms with Crippen LogP contribution in [0.1, 0.15) is 47.0 Å². The molecular weight excluding hydrogens is 132 g/mol. The van der Waals surface area contributed by atoms with E-state index in [1.807, 2.05) is 0 Å². The molecule has 0 unspecified atom stereocenters. The minimum atomic E-state index is 0.258. The van der Waals surface area contributed by atoms with Gasteiger partial charge in [0.15, 0.2) is 0 Å². The second-order valence-corrected chi connectivity index (χ2v) is 4.87. The van der Waals surface area contributed by atoms with Crippen LogP contribution in [0.25, 0.3) is 0 Å². The summed E-state index contributed by atoms with van der Waals surface area (Å²) >= 11 is 0. The average molecular weight is 150 g/mol. The molecule has 0 fully saturated rings. The highest BCUT2D eigenvalue weighted by Crippen LogP contribution is 2.32. The SMILES string of the molecule is CC1(C)C#CC(C)(C)CCC1. The van der Waals surface area contributed by atoms with Gasteiger partial charge in [-0.3, -0.25) is 0 Å². The van der Waals surface area contributed by atoms with Gasteiger partial charge in [-0.1, -0.05) is 18.3 Å². The van der Waals surface area contributed by atoms with Gasteiger partial charge in [-0.25, -0.2) is 0 Å². The first kappa shape index (κ1) is 8.65. The van der Waals surface area contributed by atoms with Crippen molar-refractivity contribution in [2.45, 2.75) is 47.0 Å². The second kappa shape index (κ2) is 2.55. The van der Waals surface area contributed by atoms with Crippen LogP contribution in [0.3, 0.4) is 0 Å². The summed E-state index contributed by atoms with van der Waals surface area (Å²) in [6.07, 6.45) is 3.81. The lowest BCUT2D eigenvalue weighted by molar-refractivity contribution is 0.389. The summed E-state index contributed by atoms with van der Waals surface area (Å²) in [6, 6.07) is 0. The molecule has 1 aliphatic carbocycles. The zero-order chi connectivity index (χ0) is 8.54. The van der Waals surface area contributed by atoms with Crippen LogP contribution in [0.4, 0.5) is 0 Å². The Hall–Kier alpha value is -0.440. The van der Waals surface area contributed by atoms with Crippen LogP contribution in [-0.2, 0) is 0 Å². The van der Waals surface area contributed by atoms with Gasteiger partial charge >= 0.3 is 0 Å². The summed E-state index contributed by atoms with van der Waals surface area (Å²) in [6.45, 7) is 8.95. The first-order chi connectivity index (χ1) is 4.91. The lowest BCUT2D eigenvalue weighted by atomic mass is 9.88. The fraction of sp³-hybridized carbons (Fsp3) is 0.818. The maximum Gasteiger partial charge on any atom is 0.0258 e. The van der Waals surface area contributed by atoms with Crippen LogP contribution in [0.15, 0.2) is 0 Å². The monoisotopic (exact) mass is 150 g/mol. The second-order valence-electron chi connectivity index (χ2n) is 4.87. The van der Waals surface area contributed by atoms with E-state index >= 15 is 0 Å². The zero-order valence-electron chi connectivity index (χ0n) is 8.12. The minimum Gasteiger partial charge on any atom is -0.0965 e. The Morgan fingerprint density at radius 2 is 1.18 bits per heavy atom. The third-order valence-electron chi connectivity index (χ3n) is 2.34. The smallest absolute Gasteiger partial charge is 0.0258 e. The zero-order valence-corrected chi connectivity index (χ0v) is 8.12. The van der Waals surface area contributed by atoms with E-state index < -0.39 is 0 Å². The first-order valence-corrected chi connectivity index (χ1v) is 4.46. The quantitative estimate of drug-likeness (QED) is 0.465. The highest BCUT2D eigenvalue weighted by atomic mass is 14.3. The Morgan fingerprint density at radius 1 is 0.818 bits per heavy atom. The van der Waals surface area contributed by atoms with E-state index in [-0.39, 0.29) is 10.8 Å². The van der Waals surface area contributed by atoms with Crippen LogP contribution in [0.5, 0.6) is 0 Å². The summed E-state index contributed by atoms with van der Waals surface area (Å²) in [5.41, 5.74) is 0.515. The van der Waals surface area contributed by atoms with Crippen LogP contribution >= 0.6 is 0 Å². The van der Waals surface area contributed by atoms with Crippen molar-refractivity contribution in [2.75, 3.05) is 0 Å². The van der Waals surface area contributed by atoms with Gasteiger partial charge in [0.25, 0.3) is 0 Å². The average Bonchev–Trinajstić information content (AvgIpc) is 1.92. The largest absolute Gasteiger partial charge is 0.0965 e. The third kappa shape index (κ3) is 2.58. The van der Waals surface area contributed by atoms with Gasteiger partial charge in [0.1, 0.15) is 0 Å². The third-order valence-corrected chi connectivity index (χ3v) is 2.34. The van der Waals surface area contributed by atoms with Crippen molar-refractivity contribution in [1.82, 2.24) is 0 Å². The van der Waals surface area contributed by atoms with Gasteiger partial charge in [0, 0.05) is 10.8 Å². The molecule has 11 heavy (non-hydrogen) atoms. The van der Waals surface area contributed by atoms with Gasteiger partial charge in [-0.15, -0.1) is 0 Å². The number of hydrogen-bond acceptors (Lipinski definition) is 0. The first-order valence-electron chi connectivity index (χ1n) is 4.46. The molecule has 0 heterocycles. The van der Waals surface area contributed by atoms with Crippen LogP contribution in [0, 0.1) is 22.7 Å². The maximum absolute atomic E-state index is 3.36. The van der Waals surface area contributed by atoms with E-state index in [1.165, 1.54) is 19.3 Å². The molecule has 1 aliphatic rings. The Morgan fingerprint density at radius 3 is 1.55 bits per heavy atom. The lowest BCUT2D eigenvalue weighted by Crippen LogP contribution is -2.06. The van der Waals surface area contributed by atoms with Crippen molar-refractivity contribution in [3.8, 4) is 11.8 Å². The fourth-order valence-electron chi connectivity index (χ4n) is 1.44. The fourth-order valence-corrected chi connectivity index (χ4v) is 1.44. The Kier molecular flexibility index (Phi) is 2.01. The summed E-state index contributed by atoms with van der Waals surface area (Å²) in [4.78, 5) is 0. The maximum atomic E-state index is 3.36. The number of rotatable bonds is 0. The molecule has 0 atom stereocenters. The molecule has 0 N–H and O–H groups in total. The van der Waals surface area contributed by atoms with Crippen molar-refractivity contribution >= 4 is 0 Å². The predicted molar refractivity (Wildman–Crippen MR) is 49.2 cm³/mol. The predicted octanol–water partition coefficient (Wildman–Crippen LogP) is 3.23. The topological polar surface area (TPSA) is 0 Å². The Balaban J connectivity index is 2.80. The Labute approximate surface area is 70.4 Å². The van der Waals surface area contributed by atoms with E-state index in [0.29, 0.717) is 0 Å². The molecule has 0 spiro atoms. The normalized spacial score (nSPS) is 26.5. The summed E-state index contributed by atoms with van der Waals surface area (Å²) < 4.78 is 0. The minimum absolute atomic E-state index is 0.258. The van der Waals surface area contributed by atoms with Crippen molar-refractivity contribution in [3.05, 3.63) is 0 Å². The van der Waals surface area contributed by atoms with Crippen molar-refractivity contribution in [3.63, 3.8) is 0 Å². The van der Waals surface area contributed by atoms with Crippen LogP contribution in [-0.4, -0.2) is 0 Å². The standard InChI is InChI=1S/C11H18/c1-10(2)6-5-7-11(3,4)9-8-10/h5-7H2,1-4H3.